The zero-order chi connectivity index (χ0) is 48.1. The van der Waals surface area contributed by atoms with Gasteiger partial charge in [-0.3, -0.25) is 0 Å². The molecule has 0 aromatic carbocycles. The zero-order valence-electron chi connectivity index (χ0n) is 45.7. The Hall–Kier alpha value is -0.415. The van der Waals surface area contributed by atoms with Crippen LogP contribution in [0.2, 0.25) is 0 Å². The quantitative estimate of drug-likeness (QED) is 0.102. The van der Waals surface area contributed by atoms with Crippen LogP contribution in [-0.2, 0) is 28.4 Å². The third kappa shape index (κ3) is 57.6. The van der Waals surface area contributed by atoms with Crippen LogP contribution in [0.25, 0.3) is 0 Å². The van der Waals surface area contributed by atoms with E-state index in [1.807, 2.05) is 13.8 Å². The Labute approximate surface area is 465 Å². The molecule has 3 radical (unpaired) electrons. The summed E-state index contributed by atoms with van der Waals surface area (Å²) in [6.07, 6.45) is 12.0. The Morgan fingerprint density at radius 3 is 1.42 bits per heavy atom. The molecule has 7 rings (SSSR count). The van der Waals surface area contributed by atoms with Crippen molar-refractivity contribution in [3.05, 3.63) is 0 Å². The first-order valence-corrected chi connectivity index (χ1v) is 26.4. The second kappa shape index (κ2) is 59.3. The molecule has 6 N–H and O–H groups in total. The highest BCUT2D eigenvalue weighted by Crippen LogP contribution is 2.21. The van der Waals surface area contributed by atoms with Crippen LogP contribution in [0, 0.1) is 29.1 Å². The maximum Gasteiger partial charge on any atom is 0.0750 e. The molecule has 6 saturated heterocycles. The summed E-state index contributed by atoms with van der Waals surface area (Å²) in [5.41, 5.74) is 0.483. The van der Waals surface area contributed by atoms with Crippen LogP contribution < -0.4 is 31.9 Å². The van der Waals surface area contributed by atoms with Crippen LogP contribution in [0.4, 0.5) is 0 Å². The zero-order valence-corrected chi connectivity index (χ0v) is 45.7. The van der Waals surface area contributed by atoms with Gasteiger partial charge in [-0.05, 0) is 98.1 Å². The van der Waals surface area contributed by atoms with Crippen molar-refractivity contribution in [1.29, 1.82) is 0 Å². The smallest absolute Gasteiger partial charge is 0.0750 e. The predicted octanol–water partition coefficient (Wildman–Crippen LogP) is 12.8. The summed E-state index contributed by atoms with van der Waals surface area (Å²) in [5, 5.41) is 19.9. The van der Waals surface area contributed by atoms with Crippen molar-refractivity contribution in [3.8, 4) is 0 Å². The molecule has 453 valence electrons. The summed E-state index contributed by atoms with van der Waals surface area (Å²) in [6, 6.07) is 0.618. The highest BCUT2D eigenvalue weighted by atomic mass is 16.5. The lowest BCUT2D eigenvalue weighted by Gasteiger charge is -2.21. The predicted molar refractivity (Wildman–Crippen MR) is 333 cm³/mol. The van der Waals surface area contributed by atoms with E-state index in [1.54, 1.807) is 0 Å². The second-order valence-electron chi connectivity index (χ2n) is 21.0. The van der Waals surface area contributed by atoms with Gasteiger partial charge in [0, 0.05) is 85.4 Å². The molecule has 6 heterocycles. The van der Waals surface area contributed by atoms with Crippen LogP contribution in [0.1, 0.15) is 215 Å². The molecule has 12 nitrogen and oxygen atoms in total. The van der Waals surface area contributed by atoms with Crippen LogP contribution in [0.15, 0.2) is 0 Å². The molecule has 0 aromatic rings. The summed E-state index contributed by atoms with van der Waals surface area (Å²) < 4.78 is 32.6. The summed E-state index contributed by atoms with van der Waals surface area (Å²) in [6.45, 7) is 50.9. The van der Waals surface area contributed by atoms with Gasteiger partial charge in [0.2, 0.25) is 0 Å². The number of nitrogens with one attached hydrogen (secondary N) is 6. The molecular formula is C60H144BN6O6. The number of hydrogen-bond acceptors (Lipinski definition) is 12. The Morgan fingerprint density at radius 2 is 0.890 bits per heavy atom. The Morgan fingerprint density at radius 1 is 0.425 bits per heavy atom. The van der Waals surface area contributed by atoms with Gasteiger partial charge in [0.05, 0.1) is 69.7 Å². The van der Waals surface area contributed by atoms with Gasteiger partial charge in [0.25, 0.3) is 0 Å². The largest absolute Gasteiger partial charge is 0.380 e. The molecule has 6 aliphatic heterocycles. The van der Waals surface area contributed by atoms with E-state index in [0.29, 0.717) is 41.4 Å². The van der Waals surface area contributed by atoms with Crippen molar-refractivity contribution >= 4 is 8.41 Å². The molecule has 7 aliphatic rings. The Kier molecular flexibility index (Phi) is 77.1. The molecular weight excluding hydrogens is 912 g/mol. The molecule has 0 aromatic heterocycles. The minimum absolute atomic E-state index is 0. The molecule has 1 saturated carbocycles. The van der Waals surface area contributed by atoms with Gasteiger partial charge in [0.1, 0.15) is 0 Å². The normalized spacial score (nSPS) is 27.0. The van der Waals surface area contributed by atoms with Gasteiger partial charge in [-0.1, -0.05) is 153 Å². The summed E-state index contributed by atoms with van der Waals surface area (Å²) in [4.78, 5) is 0. The summed E-state index contributed by atoms with van der Waals surface area (Å²) in [5.74, 6) is 3.00. The maximum absolute atomic E-state index is 5.53. The van der Waals surface area contributed by atoms with E-state index in [1.165, 1.54) is 38.5 Å². The fraction of sp³-hybridized carbons (Fsp3) is 1.00. The highest BCUT2D eigenvalue weighted by Gasteiger charge is 2.21. The van der Waals surface area contributed by atoms with Crippen LogP contribution in [0.5, 0.6) is 0 Å². The van der Waals surface area contributed by atoms with Crippen molar-refractivity contribution in [3.63, 3.8) is 0 Å². The van der Waals surface area contributed by atoms with Gasteiger partial charge in [-0.2, -0.15) is 0 Å². The van der Waals surface area contributed by atoms with Gasteiger partial charge >= 0.3 is 0 Å². The minimum Gasteiger partial charge on any atom is -0.380 e. The van der Waals surface area contributed by atoms with E-state index < -0.39 is 0 Å². The van der Waals surface area contributed by atoms with Crippen LogP contribution in [0.3, 0.4) is 0 Å². The molecule has 0 spiro atoms. The van der Waals surface area contributed by atoms with E-state index >= 15 is 0 Å². The van der Waals surface area contributed by atoms with Crippen molar-refractivity contribution in [1.82, 2.24) is 31.9 Å². The standard InChI is InChI=1S/C8H16.6C7H15NO.C2H6.8CH4.B/c1-8-6-4-2-3-5-7-8;1-7(2)5-8-3-4-9-6-7;1-7(2)3-4-8-5-6-9-7;1-6-5-9-4-3-8-7(6)2;2*1-6-5-8-3-4-9-7(6)2;1-7(2)6-8-4-3-5-9-7;1-2;;;;;;;;;/h8H,2-7H2,1H3;2*8H,3-6H2,1-2H3;3*6-8H,3-5H2,1-2H3;8H,3-6H2,1-2H3;1-2H3;8*1H4;. The van der Waals surface area contributed by atoms with E-state index in [2.05, 4.69) is 122 Å². The monoisotopic (exact) mass is 1060 g/mol. The number of ether oxygens (including phenoxy) is 6. The average molecular weight is 1060 g/mol. The summed E-state index contributed by atoms with van der Waals surface area (Å²) in [7, 11) is 0. The molecule has 6 unspecified atom stereocenters. The van der Waals surface area contributed by atoms with E-state index in [9.17, 15) is 0 Å². The third-order valence-corrected chi connectivity index (χ3v) is 12.7. The second-order valence-corrected chi connectivity index (χ2v) is 21.0. The van der Waals surface area contributed by atoms with Crippen LogP contribution in [-0.4, -0.2) is 163 Å². The molecule has 1 aliphatic carbocycles. The molecule has 7 fully saturated rings. The van der Waals surface area contributed by atoms with Crippen molar-refractivity contribution < 1.29 is 28.4 Å². The van der Waals surface area contributed by atoms with Crippen molar-refractivity contribution in [2.45, 2.75) is 244 Å². The fourth-order valence-electron chi connectivity index (χ4n) is 7.35. The van der Waals surface area contributed by atoms with Gasteiger partial charge < -0.3 is 60.3 Å². The molecule has 73 heavy (non-hydrogen) atoms. The van der Waals surface area contributed by atoms with Gasteiger partial charge in [-0.25, -0.2) is 0 Å². The molecule has 13 heteroatoms. The first-order chi connectivity index (χ1) is 30.4. The Balaban J connectivity index is -0.0000000772. The number of hydrogen-bond donors (Lipinski definition) is 6. The van der Waals surface area contributed by atoms with Crippen molar-refractivity contribution in [2.75, 3.05) is 125 Å². The van der Waals surface area contributed by atoms with Gasteiger partial charge in [-0.15, -0.1) is 0 Å². The third-order valence-electron chi connectivity index (χ3n) is 12.7. The topological polar surface area (TPSA) is 128 Å². The van der Waals surface area contributed by atoms with E-state index in [-0.39, 0.29) is 79.0 Å². The molecule has 0 amide bonds. The van der Waals surface area contributed by atoms with E-state index in [0.717, 1.165) is 144 Å². The van der Waals surface area contributed by atoms with E-state index in [4.69, 9.17) is 28.4 Å². The fourth-order valence-corrected chi connectivity index (χ4v) is 7.35. The highest BCUT2D eigenvalue weighted by molar-refractivity contribution is 5.75. The lowest BCUT2D eigenvalue weighted by Crippen LogP contribution is -2.34. The van der Waals surface area contributed by atoms with Crippen LogP contribution >= 0.6 is 0 Å². The summed E-state index contributed by atoms with van der Waals surface area (Å²) >= 11 is 0. The SMILES string of the molecule is C.C.C.C.C.C.C.C.CC.CC1(C)CCNCCO1.CC1(C)CNCCCO1.CC1(C)CNCCOC1.CC1CCCCCC1.CC1CNCCOC1C.CC1CNCCOC1C.CC1COCCNC1C.[B]. The average Bonchev–Trinajstić information content (AvgIpc) is 3.94. The number of rotatable bonds is 0. The lowest BCUT2D eigenvalue weighted by atomic mass is 9.95. The molecule has 0 bridgehead atoms. The first-order valence-electron chi connectivity index (χ1n) is 26.4. The molecule has 6 atom stereocenters. The van der Waals surface area contributed by atoms with Gasteiger partial charge in [0.15, 0.2) is 0 Å². The lowest BCUT2D eigenvalue weighted by molar-refractivity contribution is -0.00785. The Bertz CT molecular complexity index is 858. The minimum atomic E-state index is 0. The maximum atomic E-state index is 5.53. The van der Waals surface area contributed by atoms with Crippen molar-refractivity contribution in [2.24, 2.45) is 29.1 Å². The first kappa shape index (κ1) is 95.0.